The smallest absolute Gasteiger partial charge is 0.221 e. The summed E-state index contributed by atoms with van der Waals surface area (Å²) in [7, 11) is 0. The highest BCUT2D eigenvalue weighted by molar-refractivity contribution is 5.73. The van der Waals surface area contributed by atoms with Gasteiger partial charge in [0.05, 0.1) is 0 Å². The first-order chi connectivity index (χ1) is 8.56. The summed E-state index contributed by atoms with van der Waals surface area (Å²) in [4.78, 5) is 3.85. The summed E-state index contributed by atoms with van der Waals surface area (Å²) in [6.45, 7) is 3.50. The Morgan fingerprint density at radius 3 is 2.50 bits per heavy atom. The fourth-order valence-electron chi connectivity index (χ4n) is 2.63. The molecule has 3 rings (SSSR count). The third-order valence-electron chi connectivity index (χ3n) is 3.50. The summed E-state index contributed by atoms with van der Waals surface area (Å²) in [5, 5.41) is 0. The van der Waals surface area contributed by atoms with Crippen molar-refractivity contribution in [3.05, 3.63) is 52.3 Å². The summed E-state index contributed by atoms with van der Waals surface area (Å²) >= 11 is 0. The molecule has 1 heterocycles. The van der Waals surface area contributed by atoms with E-state index in [2.05, 4.69) is 4.98 Å². The molecule has 0 saturated heterocycles. The molecule has 0 atom stereocenters. The van der Waals surface area contributed by atoms with Crippen molar-refractivity contribution in [2.24, 2.45) is 0 Å². The molecule has 1 aliphatic rings. The van der Waals surface area contributed by atoms with Crippen LogP contribution in [0.15, 0.2) is 18.2 Å². The summed E-state index contributed by atoms with van der Waals surface area (Å²) in [6, 6.07) is 5.13. The lowest BCUT2D eigenvalue weighted by atomic mass is 9.85. The van der Waals surface area contributed by atoms with Crippen LogP contribution < -0.4 is 0 Å². The predicted octanol–water partition coefficient (Wildman–Crippen LogP) is 3.74. The van der Waals surface area contributed by atoms with E-state index in [9.17, 15) is 8.78 Å². The lowest BCUT2D eigenvalue weighted by Crippen LogP contribution is -2.09. The molecule has 0 aliphatic heterocycles. The highest BCUT2D eigenvalue weighted by Gasteiger charge is 2.22. The van der Waals surface area contributed by atoms with Crippen LogP contribution in [-0.4, -0.2) is 4.98 Å². The van der Waals surface area contributed by atoms with Crippen LogP contribution in [0.25, 0.3) is 11.1 Å². The maximum absolute atomic E-state index is 14.0. The zero-order valence-electron chi connectivity index (χ0n) is 10.3. The minimum Gasteiger partial charge on any atom is -0.225 e. The van der Waals surface area contributed by atoms with Gasteiger partial charge in [0.25, 0.3) is 0 Å². The molecular weight excluding hydrogens is 232 g/mol. The first-order valence-electron chi connectivity index (χ1n) is 6.01. The fraction of sp³-hybridized carbons (Fsp3) is 0.267. The average Bonchev–Trinajstić information content (AvgIpc) is 2.30. The second-order valence-corrected chi connectivity index (χ2v) is 4.85. The molecule has 1 aromatic carbocycles. The number of aryl methyl sites for hydroxylation is 4. The van der Waals surface area contributed by atoms with E-state index in [4.69, 9.17) is 0 Å². The monoisotopic (exact) mass is 245 g/mol. The van der Waals surface area contributed by atoms with Crippen molar-refractivity contribution in [2.45, 2.75) is 26.7 Å². The quantitative estimate of drug-likeness (QED) is 0.644. The molecule has 92 valence electrons. The number of pyridine rings is 1. The first kappa shape index (κ1) is 11.3. The molecule has 0 amide bonds. The van der Waals surface area contributed by atoms with Crippen molar-refractivity contribution in [3.63, 3.8) is 0 Å². The molecule has 0 fully saturated rings. The third-order valence-corrected chi connectivity index (χ3v) is 3.50. The summed E-state index contributed by atoms with van der Waals surface area (Å²) in [5.41, 5.74) is 4.34. The van der Waals surface area contributed by atoms with Crippen molar-refractivity contribution in [1.82, 2.24) is 4.98 Å². The summed E-state index contributed by atoms with van der Waals surface area (Å²) in [6.07, 6.45) is 1.61. The standard InChI is InChI=1S/C15H13F2N/c1-8-5-10-3-4-11-6-9(2)18-15(17)14(11)12(10)7-13(8)16/h5-7H,3-4H2,1-2H3. The van der Waals surface area contributed by atoms with E-state index in [0.717, 1.165) is 24.0 Å². The van der Waals surface area contributed by atoms with E-state index < -0.39 is 5.95 Å². The van der Waals surface area contributed by atoms with Crippen LogP contribution >= 0.6 is 0 Å². The highest BCUT2D eigenvalue weighted by atomic mass is 19.1. The van der Waals surface area contributed by atoms with Gasteiger partial charge in [-0.3, -0.25) is 0 Å². The minimum atomic E-state index is -0.491. The summed E-state index contributed by atoms with van der Waals surface area (Å²) < 4.78 is 27.7. The highest BCUT2D eigenvalue weighted by Crippen LogP contribution is 2.36. The van der Waals surface area contributed by atoms with Gasteiger partial charge in [0, 0.05) is 11.3 Å². The molecule has 2 aromatic rings. The minimum absolute atomic E-state index is 0.290. The number of aromatic nitrogens is 1. The van der Waals surface area contributed by atoms with Gasteiger partial charge < -0.3 is 0 Å². The van der Waals surface area contributed by atoms with Crippen LogP contribution in [0.1, 0.15) is 22.4 Å². The van der Waals surface area contributed by atoms with Crippen LogP contribution in [-0.2, 0) is 12.8 Å². The largest absolute Gasteiger partial charge is 0.225 e. The van der Waals surface area contributed by atoms with E-state index in [1.807, 2.05) is 12.1 Å². The molecule has 0 spiro atoms. The van der Waals surface area contributed by atoms with Gasteiger partial charge in [-0.05, 0) is 61.1 Å². The molecule has 0 radical (unpaired) electrons. The van der Waals surface area contributed by atoms with Gasteiger partial charge in [0.2, 0.25) is 5.95 Å². The third kappa shape index (κ3) is 1.62. The van der Waals surface area contributed by atoms with E-state index in [0.29, 0.717) is 22.4 Å². The van der Waals surface area contributed by atoms with Gasteiger partial charge >= 0.3 is 0 Å². The van der Waals surface area contributed by atoms with E-state index >= 15 is 0 Å². The molecule has 1 nitrogen and oxygen atoms in total. The van der Waals surface area contributed by atoms with Crippen molar-refractivity contribution in [2.75, 3.05) is 0 Å². The Bertz CT molecular complexity index is 647. The van der Waals surface area contributed by atoms with Gasteiger partial charge in [0.1, 0.15) is 5.82 Å². The fourth-order valence-corrected chi connectivity index (χ4v) is 2.63. The van der Waals surface area contributed by atoms with E-state index in [1.54, 1.807) is 13.8 Å². The zero-order valence-corrected chi connectivity index (χ0v) is 10.3. The molecule has 0 bridgehead atoms. The number of nitrogens with zero attached hydrogens (tertiary/aromatic N) is 1. The van der Waals surface area contributed by atoms with Crippen molar-refractivity contribution in [1.29, 1.82) is 0 Å². The number of fused-ring (bicyclic) bond motifs is 3. The molecule has 0 N–H and O–H groups in total. The first-order valence-corrected chi connectivity index (χ1v) is 6.01. The Labute approximate surface area is 104 Å². The topological polar surface area (TPSA) is 12.9 Å². The Hall–Kier alpha value is -1.77. The lowest BCUT2D eigenvalue weighted by Gasteiger charge is -2.21. The maximum Gasteiger partial charge on any atom is 0.221 e. The Kier molecular flexibility index (Phi) is 2.44. The van der Waals surface area contributed by atoms with Crippen molar-refractivity contribution >= 4 is 0 Å². The molecule has 1 aromatic heterocycles. The molecule has 0 unspecified atom stereocenters. The molecule has 0 saturated carbocycles. The zero-order chi connectivity index (χ0) is 12.9. The molecule has 1 aliphatic carbocycles. The Morgan fingerprint density at radius 1 is 1.00 bits per heavy atom. The number of benzene rings is 1. The Morgan fingerprint density at radius 2 is 1.72 bits per heavy atom. The van der Waals surface area contributed by atoms with Crippen LogP contribution in [0.3, 0.4) is 0 Å². The van der Waals surface area contributed by atoms with Crippen LogP contribution in [0.2, 0.25) is 0 Å². The van der Waals surface area contributed by atoms with Crippen LogP contribution in [0.5, 0.6) is 0 Å². The van der Waals surface area contributed by atoms with Gasteiger partial charge in [-0.1, -0.05) is 6.07 Å². The molecular formula is C15H13F2N. The van der Waals surface area contributed by atoms with Crippen LogP contribution in [0.4, 0.5) is 8.78 Å². The van der Waals surface area contributed by atoms with Gasteiger partial charge in [-0.15, -0.1) is 0 Å². The van der Waals surface area contributed by atoms with Crippen molar-refractivity contribution in [3.8, 4) is 11.1 Å². The second kappa shape index (κ2) is 3.87. The van der Waals surface area contributed by atoms with Gasteiger partial charge in [-0.2, -0.15) is 4.39 Å². The lowest BCUT2D eigenvalue weighted by molar-refractivity contribution is 0.578. The summed E-state index contributed by atoms with van der Waals surface area (Å²) in [5.74, 6) is -0.782. The van der Waals surface area contributed by atoms with Crippen molar-refractivity contribution < 1.29 is 8.78 Å². The Balaban J connectivity index is 2.31. The number of halogens is 2. The van der Waals surface area contributed by atoms with Gasteiger partial charge in [0.15, 0.2) is 0 Å². The second-order valence-electron chi connectivity index (χ2n) is 4.85. The molecule has 18 heavy (non-hydrogen) atoms. The number of hydrogen-bond acceptors (Lipinski definition) is 1. The van der Waals surface area contributed by atoms with E-state index in [1.165, 1.54) is 6.07 Å². The normalized spacial score (nSPS) is 13.1. The predicted molar refractivity (Wildman–Crippen MR) is 66.5 cm³/mol. The number of hydrogen-bond donors (Lipinski definition) is 0. The SMILES string of the molecule is Cc1cc2c(c(F)n1)-c1cc(F)c(C)cc1CC2. The van der Waals surface area contributed by atoms with E-state index in [-0.39, 0.29) is 5.82 Å². The molecule has 3 heteroatoms. The van der Waals surface area contributed by atoms with Crippen LogP contribution in [0, 0.1) is 25.6 Å². The number of rotatable bonds is 0. The maximum atomic E-state index is 14.0. The average molecular weight is 245 g/mol. The van der Waals surface area contributed by atoms with Gasteiger partial charge in [-0.25, -0.2) is 9.37 Å².